The number of thioether (sulfide) groups is 1. The Labute approximate surface area is 112 Å². The Bertz CT molecular complexity index is 340. The third-order valence-electron chi connectivity index (χ3n) is 3.26. The zero-order valence-corrected chi connectivity index (χ0v) is 12.2. The lowest BCUT2D eigenvalue weighted by molar-refractivity contribution is 0.475. The molecule has 0 bridgehead atoms. The summed E-state index contributed by atoms with van der Waals surface area (Å²) in [5, 5.41) is 5.34. The Hall–Kier alpha value is -0.290. The zero-order valence-electron chi connectivity index (χ0n) is 10.6. The summed E-state index contributed by atoms with van der Waals surface area (Å²) in [6, 6.07) is 0.584. The van der Waals surface area contributed by atoms with Gasteiger partial charge in [-0.3, -0.25) is 0 Å². The van der Waals surface area contributed by atoms with Gasteiger partial charge in [0.15, 0.2) is 0 Å². The largest absolute Gasteiger partial charge is 0.356 e. The molecule has 0 radical (unpaired) electrons. The second kappa shape index (κ2) is 6.59. The van der Waals surface area contributed by atoms with E-state index < -0.39 is 0 Å². The van der Waals surface area contributed by atoms with E-state index >= 15 is 0 Å². The Morgan fingerprint density at radius 2 is 2.24 bits per heavy atom. The van der Waals surface area contributed by atoms with Gasteiger partial charge >= 0.3 is 0 Å². The lowest BCUT2D eigenvalue weighted by atomic mass is 9.95. The highest BCUT2D eigenvalue weighted by atomic mass is 32.2. The molecule has 0 saturated heterocycles. The molecule has 1 saturated carbocycles. The van der Waals surface area contributed by atoms with Crippen molar-refractivity contribution in [1.29, 1.82) is 0 Å². The third-order valence-corrected chi connectivity index (χ3v) is 5.11. The van der Waals surface area contributed by atoms with E-state index in [1.54, 1.807) is 0 Å². The molecule has 1 aromatic rings. The molecule has 5 heteroatoms. The zero-order chi connectivity index (χ0) is 12.1. The van der Waals surface area contributed by atoms with Crippen molar-refractivity contribution in [3.8, 4) is 0 Å². The summed E-state index contributed by atoms with van der Waals surface area (Å²) in [6.45, 7) is 2.17. The van der Waals surface area contributed by atoms with E-state index in [-0.39, 0.29) is 0 Å². The molecule has 2 unspecified atom stereocenters. The second-order valence-electron chi connectivity index (χ2n) is 4.58. The van der Waals surface area contributed by atoms with Crippen LogP contribution in [-0.4, -0.2) is 26.9 Å². The van der Waals surface area contributed by atoms with Crippen molar-refractivity contribution in [2.75, 3.05) is 11.6 Å². The smallest absolute Gasteiger partial charge is 0.202 e. The van der Waals surface area contributed by atoms with Crippen molar-refractivity contribution in [2.45, 2.75) is 56.7 Å². The molecule has 0 amide bonds. The first-order valence-electron chi connectivity index (χ1n) is 6.45. The SMILES string of the molecule is CCCc1nsc(NC2CCCCC2SC)n1. The molecule has 1 aliphatic carbocycles. The van der Waals surface area contributed by atoms with Crippen molar-refractivity contribution in [3.05, 3.63) is 5.82 Å². The van der Waals surface area contributed by atoms with E-state index in [1.807, 2.05) is 11.8 Å². The lowest BCUT2D eigenvalue weighted by Gasteiger charge is -2.30. The summed E-state index contributed by atoms with van der Waals surface area (Å²) in [4.78, 5) is 4.55. The number of hydrogen-bond donors (Lipinski definition) is 1. The topological polar surface area (TPSA) is 37.8 Å². The first-order valence-corrected chi connectivity index (χ1v) is 8.51. The highest BCUT2D eigenvalue weighted by molar-refractivity contribution is 7.99. The van der Waals surface area contributed by atoms with Gasteiger partial charge < -0.3 is 5.32 Å². The van der Waals surface area contributed by atoms with Gasteiger partial charge in [0.2, 0.25) is 5.13 Å². The average Bonchev–Trinajstić information content (AvgIpc) is 2.78. The molecule has 1 N–H and O–H groups in total. The van der Waals surface area contributed by atoms with E-state index in [9.17, 15) is 0 Å². The van der Waals surface area contributed by atoms with Crippen LogP contribution in [0.15, 0.2) is 0 Å². The first kappa shape index (κ1) is 13.1. The molecule has 2 rings (SSSR count). The van der Waals surface area contributed by atoms with Crippen molar-refractivity contribution in [2.24, 2.45) is 0 Å². The van der Waals surface area contributed by atoms with E-state index in [4.69, 9.17) is 0 Å². The number of hydrogen-bond acceptors (Lipinski definition) is 5. The fraction of sp³-hybridized carbons (Fsp3) is 0.833. The molecular formula is C12H21N3S2. The summed E-state index contributed by atoms with van der Waals surface area (Å²) in [7, 11) is 0. The molecule has 1 fully saturated rings. The van der Waals surface area contributed by atoms with Crippen LogP contribution in [0.5, 0.6) is 0 Å². The van der Waals surface area contributed by atoms with Gasteiger partial charge in [0.05, 0.1) is 0 Å². The van der Waals surface area contributed by atoms with Crippen LogP contribution in [0.3, 0.4) is 0 Å². The van der Waals surface area contributed by atoms with Crippen LogP contribution in [0.2, 0.25) is 0 Å². The van der Waals surface area contributed by atoms with Gasteiger partial charge in [-0.1, -0.05) is 19.8 Å². The van der Waals surface area contributed by atoms with Crippen molar-refractivity contribution >= 4 is 28.4 Å². The highest BCUT2D eigenvalue weighted by Gasteiger charge is 2.24. The molecule has 17 heavy (non-hydrogen) atoms. The monoisotopic (exact) mass is 271 g/mol. The minimum atomic E-state index is 0.584. The lowest BCUT2D eigenvalue weighted by Crippen LogP contribution is -2.34. The third kappa shape index (κ3) is 3.58. The molecule has 96 valence electrons. The van der Waals surface area contributed by atoms with E-state index in [0.717, 1.165) is 29.0 Å². The molecule has 0 aromatic carbocycles. The quantitative estimate of drug-likeness (QED) is 0.888. The number of anilines is 1. The molecule has 0 spiro atoms. The predicted octanol–water partition coefficient (Wildman–Crippen LogP) is 3.58. The summed E-state index contributed by atoms with van der Waals surface area (Å²) < 4.78 is 4.38. The molecule has 1 aliphatic rings. The molecule has 1 aromatic heterocycles. The van der Waals surface area contributed by atoms with Crippen LogP contribution >= 0.6 is 23.3 Å². The minimum Gasteiger partial charge on any atom is -0.356 e. The first-order chi connectivity index (χ1) is 8.33. The second-order valence-corrected chi connectivity index (χ2v) is 6.40. The molecule has 1 heterocycles. The predicted molar refractivity (Wildman–Crippen MR) is 77.1 cm³/mol. The van der Waals surface area contributed by atoms with Crippen LogP contribution in [0.4, 0.5) is 5.13 Å². The van der Waals surface area contributed by atoms with Gasteiger partial charge in [-0.15, -0.1) is 0 Å². The molecule has 2 atom stereocenters. The Kier molecular flexibility index (Phi) is 5.10. The Balaban J connectivity index is 1.93. The minimum absolute atomic E-state index is 0.584. The van der Waals surface area contributed by atoms with Crippen LogP contribution in [0, 0.1) is 0 Å². The maximum atomic E-state index is 4.55. The maximum Gasteiger partial charge on any atom is 0.202 e. The molecular weight excluding hydrogens is 250 g/mol. The molecule has 3 nitrogen and oxygen atoms in total. The summed E-state index contributed by atoms with van der Waals surface area (Å²) in [5.74, 6) is 0.997. The normalized spacial score (nSPS) is 24.8. The van der Waals surface area contributed by atoms with E-state index in [0.29, 0.717) is 6.04 Å². The number of nitrogens with zero attached hydrogens (tertiary/aromatic N) is 2. The standard InChI is InChI=1S/C12H21N3S2/c1-3-6-11-14-12(17-15-11)13-9-7-4-5-8-10(9)16-2/h9-10H,3-8H2,1-2H3,(H,13,14,15). The maximum absolute atomic E-state index is 4.55. The van der Waals surface area contributed by atoms with Crippen molar-refractivity contribution in [1.82, 2.24) is 9.36 Å². The number of aromatic nitrogens is 2. The number of rotatable bonds is 5. The van der Waals surface area contributed by atoms with E-state index in [2.05, 4.69) is 27.9 Å². The van der Waals surface area contributed by atoms with Crippen molar-refractivity contribution in [3.63, 3.8) is 0 Å². The highest BCUT2D eigenvalue weighted by Crippen LogP contribution is 2.29. The van der Waals surface area contributed by atoms with Crippen LogP contribution < -0.4 is 5.32 Å². The van der Waals surface area contributed by atoms with Gasteiger partial charge in [-0.25, -0.2) is 4.98 Å². The van der Waals surface area contributed by atoms with Gasteiger partial charge in [0.1, 0.15) is 5.82 Å². The summed E-state index contributed by atoms with van der Waals surface area (Å²) in [5.41, 5.74) is 0. The summed E-state index contributed by atoms with van der Waals surface area (Å²) in [6.07, 6.45) is 9.65. The number of aryl methyl sites for hydroxylation is 1. The van der Waals surface area contributed by atoms with Crippen LogP contribution in [-0.2, 0) is 6.42 Å². The van der Waals surface area contributed by atoms with Gasteiger partial charge in [-0.05, 0) is 25.5 Å². The number of nitrogens with one attached hydrogen (secondary N) is 1. The van der Waals surface area contributed by atoms with Crippen LogP contribution in [0.25, 0.3) is 0 Å². The Morgan fingerprint density at radius 1 is 1.41 bits per heavy atom. The van der Waals surface area contributed by atoms with E-state index in [1.165, 1.54) is 37.2 Å². The summed E-state index contributed by atoms with van der Waals surface area (Å²) >= 11 is 3.50. The Morgan fingerprint density at radius 3 is 3.00 bits per heavy atom. The average molecular weight is 271 g/mol. The fourth-order valence-electron chi connectivity index (χ4n) is 2.34. The van der Waals surface area contributed by atoms with Crippen molar-refractivity contribution < 1.29 is 0 Å². The fourth-order valence-corrected chi connectivity index (χ4v) is 3.95. The van der Waals surface area contributed by atoms with Gasteiger partial charge in [0.25, 0.3) is 0 Å². The molecule has 0 aliphatic heterocycles. The van der Waals surface area contributed by atoms with Gasteiger partial charge in [-0.2, -0.15) is 16.1 Å². The van der Waals surface area contributed by atoms with Gasteiger partial charge in [0, 0.05) is 29.2 Å². The van der Waals surface area contributed by atoms with Crippen LogP contribution in [0.1, 0.15) is 44.9 Å².